The van der Waals surface area contributed by atoms with Gasteiger partial charge in [-0.05, 0) is 54.6 Å². The van der Waals surface area contributed by atoms with Crippen LogP contribution in [0.25, 0.3) is 12.2 Å². The van der Waals surface area contributed by atoms with Crippen molar-refractivity contribution in [3.63, 3.8) is 0 Å². The van der Waals surface area contributed by atoms with E-state index in [-0.39, 0.29) is 34.0 Å². The van der Waals surface area contributed by atoms with Crippen LogP contribution in [0.5, 0.6) is 0 Å². The van der Waals surface area contributed by atoms with Crippen LogP contribution in [0.15, 0.2) is 60.7 Å². The zero-order valence-electron chi connectivity index (χ0n) is 11.7. The summed E-state index contributed by atoms with van der Waals surface area (Å²) in [6, 6.07) is 21.8. The first-order valence-electron chi connectivity index (χ1n) is 6.97. The highest BCUT2D eigenvalue weighted by Crippen LogP contribution is 2.20. The summed E-state index contributed by atoms with van der Waals surface area (Å²) in [4.78, 5) is 0. The highest BCUT2D eigenvalue weighted by Gasteiger charge is 2.10. The van der Waals surface area contributed by atoms with E-state index in [1.165, 1.54) is 42.4 Å². The van der Waals surface area contributed by atoms with Crippen LogP contribution in [0.4, 0.5) is 0 Å². The van der Waals surface area contributed by atoms with Gasteiger partial charge < -0.3 is 0 Å². The van der Waals surface area contributed by atoms with Gasteiger partial charge >= 0.3 is 0 Å². The SMILES string of the molecule is Br.Br.C1=c2ccccc2=c2ccc3c(c21)C=c1ccccc1=3. The Hall–Kier alpha value is -1.64. The van der Waals surface area contributed by atoms with Gasteiger partial charge in [0.2, 0.25) is 0 Å². The third kappa shape index (κ3) is 1.94. The van der Waals surface area contributed by atoms with Gasteiger partial charge in [-0.2, -0.15) is 0 Å². The summed E-state index contributed by atoms with van der Waals surface area (Å²) in [7, 11) is 0. The highest BCUT2D eigenvalue weighted by atomic mass is 79.9. The number of fused-ring (bicyclic) bond motifs is 5. The van der Waals surface area contributed by atoms with Crippen molar-refractivity contribution < 1.29 is 0 Å². The van der Waals surface area contributed by atoms with Crippen LogP contribution in [0.1, 0.15) is 11.1 Å². The standard InChI is InChI=1S/C20H12.2BrH/c1-3-7-15-13(5-1)11-19-17(15)9-10-18-16-8-4-2-6-14(16)12-20(18)19;;/h1-12H;2*1H. The van der Waals surface area contributed by atoms with Crippen molar-refractivity contribution in [1.82, 2.24) is 0 Å². The molecule has 0 atom stereocenters. The molecule has 0 spiro atoms. The van der Waals surface area contributed by atoms with Crippen molar-refractivity contribution in [2.45, 2.75) is 0 Å². The van der Waals surface area contributed by atoms with Crippen molar-refractivity contribution in [3.8, 4) is 0 Å². The van der Waals surface area contributed by atoms with E-state index in [1.54, 1.807) is 0 Å². The number of hydrogen-bond donors (Lipinski definition) is 0. The third-order valence-corrected chi connectivity index (χ3v) is 4.39. The topological polar surface area (TPSA) is 0 Å². The summed E-state index contributed by atoms with van der Waals surface area (Å²) in [5, 5.41) is 8.11. The normalized spacial score (nSPS) is 11.6. The smallest absolute Gasteiger partial charge is 0.00926 e. The lowest BCUT2D eigenvalue weighted by Crippen LogP contribution is -1.97. The van der Waals surface area contributed by atoms with Gasteiger partial charge in [0.1, 0.15) is 0 Å². The Morgan fingerprint density at radius 2 is 0.818 bits per heavy atom. The summed E-state index contributed by atoms with van der Waals surface area (Å²) in [5.41, 5.74) is 2.75. The number of rotatable bonds is 0. The molecule has 0 aromatic heterocycles. The largest absolute Gasteiger partial charge is 0.114 e. The van der Waals surface area contributed by atoms with Crippen LogP contribution in [0.3, 0.4) is 0 Å². The molecule has 0 amide bonds. The molecule has 0 radical (unpaired) electrons. The van der Waals surface area contributed by atoms with Gasteiger partial charge in [-0.15, -0.1) is 34.0 Å². The predicted octanol–water partition coefficient (Wildman–Crippen LogP) is 3.70. The van der Waals surface area contributed by atoms with Crippen molar-refractivity contribution >= 4 is 46.1 Å². The Kier molecular flexibility index (Phi) is 3.84. The molecular formula is C20H14Br2. The van der Waals surface area contributed by atoms with Crippen LogP contribution in [0, 0.1) is 20.9 Å². The molecule has 0 fully saturated rings. The van der Waals surface area contributed by atoms with E-state index in [2.05, 4.69) is 72.8 Å². The minimum atomic E-state index is 0. The van der Waals surface area contributed by atoms with Crippen LogP contribution in [0.2, 0.25) is 0 Å². The second-order valence-corrected chi connectivity index (χ2v) is 5.45. The summed E-state index contributed by atoms with van der Waals surface area (Å²) >= 11 is 0. The molecule has 0 aliphatic heterocycles. The molecule has 0 nitrogen and oxygen atoms in total. The highest BCUT2D eigenvalue weighted by molar-refractivity contribution is 8.93. The van der Waals surface area contributed by atoms with Crippen LogP contribution in [-0.4, -0.2) is 0 Å². The average molecular weight is 414 g/mol. The molecule has 2 heteroatoms. The molecule has 0 unspecified atom stereocenters. The minimum Gasteiger partial charge on any atom is -0.114 e. The zero-order chi connectivity index (χ0) is 13.1. The summed E-state index contributed by atoms with van der Waals surface area (Å²) < 4.78 is 0. The van der Waals surface area contributed by atoms with Crippen LogP contribution in [-0.2, 0) is 0 Å². The first-order valence-corrected chi connectivity index (χ1v) is 6.97. The monoisotopic (exact) mass is 412 g/mol. The molecule has 0 bridgehead atoms. The van der Waals surface area contributed by atoms with Crippen LogP contribution < -0.4 is 10.4 Å². The Morgan fingerprint density at radius 1 is 0.409 bits per heavy atom. The molecule has 0 saturated carbocycles. The molecule has 2 aliphatic carbocycles. The third-order valence-electron chi connectivity index (χ3n) is 4.39. The van der Waals surface area contributed by atoms with E-state index in [0.29, 0.717) is 0 Å². The molecule has 5 rings (SSSR count). The average Bonchev–Trinajstić information content (AvgIpc) is 3.05. The van der Waals surface area contributed by atoms with Gasteiger partial charge in [0.15, 0.2) is 0 Å². The van der Waals surface area contributed by atoms with Gasteiger partial charge in [0, 0.05) is 0 Å². The molecule has 0 saturated heterocycles. The second kappa shape index (κ2) is 5.53. The molecule has 3 aromatic carbocycles. The molecule has 0 heterocycles. The lowest BCUT2D eigenvalue weighted by molar-refractivity contribution is 1.43. The Balaban J connectivity index is 0.000000720. The maximum Gasteiger partial charge on any atom is -0.00926 e. The Morgan fingerprint density at radius 3 is 1.27 bits per heavy atom. The molecule has 3 aromatic rings. The number of halogens is 2. The summed E-state index contributed by atoms with van der Waals surface area (Å²) in [6.07, 6.45) is 4.65. The molecule has 22 heavy (non-hydrogen) atoms. The van der Waals surface area contributed by atoms with Gasteiger partial charge in [-0.25, -0.2) is 0 Å². The summed E-state index contributed by atoms with van der Waals surface area (Å²) in [6.45, 7) is 0. The van der Waals surface area contributed by atoms with Crippen molar-refractivity contribution in [2.24, 2.45) is 0 Å². The van der Waals surface area contributed by atoms with E-state index in [9.17, 15) is 0 Å². The number of benzene rings is 3. The van der Waals surface area contributed by atoms with Crippen molar-refractivity contribution in [2.75, 3.05) is 0 Å². The molecule has 0 N–H and O–H groups in total. The summed E-state index contributed by atoms with van der Waals surface area (Å²) in [5.74, 6) is 0. The van der Waals surface area contributed by atoms with Gasteiger partial charge in [0.05, 0.1) is 0 Å². The van der Waals surface area contributed by atoms with Crippen molar-refractivity contribution in [1.29, 1.82) is 0 Å². The van der Waals surface area contributed by atoms with Gasteiger partial charge in [0.25, 0.3) is 0 Å². The minimum absolute atomic E-state index is 0. The lowest BCUT2D eigenvalue weighted by atomic mass is 10.0. The van der Waals surface area contributed by atoms with Crippen LogP contribution >= 0.6 is 34.0 Å². The fraction of sp³-hybridized carbons (Fsp3) is 0. The van der Waals surface area contributed by atoms with E-state index in [4.69, 9.17) is 0 Å². The maximum absolute atomic E-state index is 2.33. The van der Waals surface area contributed by atoms with E-state index in [1.807, 2.05) is 0 Å². The first-order chi connectivity index (χ1) is 9.92. The molecule has 2 aliphatic rings. The fourth-order valence-electron chi connectivity index (χ4n) is 3.46. The quantitative estimate of drug-likeness (QED) is 0.363. The number of hydrogen-bond acceptors (Lipinski definition) is 0. The second-order valence-electron chi connectivity index (χ2n) is 5.45. The van der Waals surface area contributed by atoms with E-state index >= 15 is 0 Å². The van der Waals surface area contributed by atoms with Crippen molar-refractivity contribution in [3.05, 3.63) is 103 Å². The lowest BCUT2D eigenvalue weighted by Gasteiger charge is -1.98. The zero-order valence-corrected chi connectivity index (χ0v) is 15.2. The maximum atomic E-state index is 2.33. The van der Waals surface area contributed by atoms with E-state index in [0.717, 1.165) is 0 Å². The Bertz CT molecular complexity index is 1100. The molecule has 108 valence electrons. The van der Waals surface area contributed by atoms with E-state index < -0.39 is 0 Å². The van der Waals surface area contributed by atoms with Gasteiger partial charge in [-0.3, -0.25) is 0 Å². The first kappa shape index (κ1) is 15.3. The van der Waals surface area contributed by atoms with Gasteiger partial charge in [-0.1, -0.05) is 60.7 Å². The fourth-order valence-corrected chi connectivity index (χ4v) is 3.46. The Labute approximate surface area is 149 Å². The predicted molar refractivity (Wildman–Crippen MR) is 102 cm³/mol. The molecular weight excluding hydrogens is 400 g/mol.